The van der Waals surface area contributed by atoms with Gasteiger partial charge in [-0.2, -0.15) is 0 Å². The molecular formula is C8H17BrO. The molecule has 1 nitrogen and oxygen atoms in total. The smallest absolute Gasteiger partial charge is 0.111 e. The quantitative estimate of drug-likeness (QED) is 0.690. The van der Waals surface area contributed by atoms with Crippen molar-refractivity contribution in [1.82, 2.24) is 0 Å². The molecule has 2 unspecified atom stereocenters. The summed E-state index contributed by atoms with van der Waals surface area (Å²) in [4.78, 5) is 0. The summed E-state index contributed by atoms with van der Waals surface area (Å²) < 4.78 is 0. The van der Waals surface area contributed by atoms with Gasteiger partial charge >= 0.3 is 0 Å². The molecule has 2 atom stereocenters. The molecule has 0 bridgehead atoms. The molecule has 1 N–H and O–H groups in total. The Kier molecular flexibility index (Phi) is 6.44. The van der Waals surface area contributed by atoms with Crippen LogP contribution in [0, 0.1) is 5.92 Å². The Morgan fingerprint density at radius 2 is 2.00 bits per heavy atom. The molecule has 0 aliphatic rings. The van der Waals surface area contributed by atoms with Gasteiger partial charge in [0.05, 0.1) is 0 Å². The second-order valence-corrected chi connectivity index (χ2v) is 3.62. The molecule has 0 aliphatic heterocycles. The van der Waals surface area contributed by atoms with Gasteiger partial charge in [0, 0.05) is 0 Å². The van der Waals surface area contributed by atoms with E-state index in [0.29, 0.717) is 5.92 Å². The highest BCUT2D eigenvalue weighted by Gasteiger charge is 2.12. The molecule has 0 spiro atoms. The van der Waals surface area contributed by atoms with Gasteiger partial charge in [0.2, 0.25) is 0 Å². The van der Waals surface area contributed by atoms with E-state index in [-0.39, 0.29) is 5.01 Å². The molecule has 0 heterocycles. The highest BCUT2D eigenvalue weighted by Crippen LogP contribution is 2.20. The summed E-state index contributed by atoms with van der Waals surface area (Å²) in [6, 6.07) is 0. The van der Waals surface area contributed by atoms with Crippen molar-refractivity contribution in [3.05, 3.63) is 0 Å². The van der Waals surface area contributed by atoms with Crippen molar-refractivity contribution in [3.63, 3.8) is 0 Å². The van der Waals surface area contributed by atoms with Crippen LogP contribution in [0.15, 0.2) is 0 Å². The topological polar surface area (TPSA) is 20.2 Å². The summed E-state index contributed by atoms with van der Waals surface area (Å²) in [5, 5.41) is 8.85. The first-order chi connectivity index (χ1) is 4.72. The minimum Gasteiger partial charge on any atom is -0.382 e. The maximum absolute atomic E-state index is 9.16. The van der Waals surface area contributed by atoms with Crippen molar-refractivity contribution in [2.75, 3.05) is 0 Å². The van der Waals surface area contributed by atoms with Crippen LogP contribution in [0.2, 0.25) is 0 Å². The van der Waals surface area contributed by atoms with Gasteiger partial charge in [0.15, 0.2) is 0 Å². The molecule has 0 aliphatic carbocycles. The molecular weight excluding hydrogens is 192 g/mol. The molecule has 0 aromatic carbocycles. The number of halogens is 1. The minimum absolute atomic E-state index is 0.302. The van der Waals surface area contributed by atoms with Crippen LogP contribution in [-0.4, -0.2) is 10.1 Å². The van der Waals surface area contributed by atoms with E-state index in [9.17, 15) is 0 Å². The molecule has 0 amide bonds. The molecule has 0 saturated carbocycles. The van der Waals surface area contributed by atoms with Crippen molar-refractivity contribution in [2.45, 2.75) is 44.5 Å². The van der Waals surface area contributed by atoms with Gasteiger partial charge in [-0.3, -0.25) is 0 Å². The largest absolute Gasteiger partial charge is 0.382 e. The van der Waals surface area contributed by atoms with Crippen LogP contribution in [0.1, 0.15) is 39.5 Å². The van der Waals surface area contributed by atoms with Gasteiger partial charge in [-0.25, -0.2) is 0 Å². The van der Waals surface area contributed by atoms with Gasteiger partial charge in [0.1, 0.15) is 5.01 Å². The van der Waals surface area contributed by atoms with Crippen molar-refractivity contribution in [3.8, 4) is 0 Å². The minimum atomic E-state index is -0.302. The van der Waals surface area contributed by atoms with Gasteiger partial charge < -0.3 is 5.11 Å². The van der Waals surface area contributed by atoms with Gasteiger partial charge in [-0.05, 0) is 18.8 Å². The van der Waals surface area contributed by atoms with Crippen molar-refractivity contribution in [1.29, 1.82) is 0 Å². The summed E-state index contributed by atoms with van der Waals surface area (Å²) in [7, 11) is 0. The lowest BCUT2D eigenvalue weighted by atomic mass is 10.0. The lowest BCUT2D eigenvalue weighted by Crippen LogP contribution is -2.12. The van der Waals surface area contributed by atoms with Crippen LogP contribution in [0.3, 0.4) is 0 Å². The average Bonchev–Trinajstić information content (AvgIpc) is 1.89. The van der Waals surface area contributed by atoms with Crippen LogP contribution in [0.5, 0.6) is 0 Å². The molecule has 0 radical (unpaired) electrons. The molecule has 10 heavy (non-hydrogen) atoms. The van der Waals surface area contributed by atoms with Gasteiger partial charge in [0.25, 0.3) is 0 Å². The van der Waals surface area contributed by atoms with E-state index in [2.05, 4.69) is 29.8 Å². The number of aliphatic hydroxyl groups excluding tert-OH is 1. The SMILES string of the molecule is CCCCC(CC)C(O)Br. The molecule has 0 fully saturated rings. The van der Waals surface area contributed by atoms with Crippen LogP contribution in [0.4, 0.5) is 0 Å². The zero-order chi connectivity index (χ0) is 7.98. The number of hydrogen-bond donors (Lipinski definition) is 1. The third-order valence-electron chi connectivity index (χ3n) is 1.84. The van der Waals surface area contributed by atoms with Crippen molar-refractivity contribution >= 4 is 15.9 Å². The second kappa shape index (κ2) is 6.17. The summed E-state index contributed by atoms with van der Waals surface area (Å²) in [5.74, 6) is 0.444. The Hall–Kier alpha value is 0.440. The van der Waals surface area contributed by atoms with Gasteiger partial charge in [-0.1, -0.05) is 42.6 Å². The fourth-order valence-electron chi connectivity index (χ4n) is 1.00. The van der Waals surface area contributed by atoms with Crippen LogP contribution in [0.25, 0.3) is 0 Å². The first-order valence-electron chi connectivity index (χ1n) is 4.04. The van der Waals surface area contributed by atoms with Crippen LogP contribution < -0.4 is 0 Å². The third kappa shape index (κ3) is 4.29. The number of aliphatic hydroxyl groups is 1. The second-order valence-electron chi connectivity index (χ2n) is 2.68. The lowest BCUT2D eigenvalue weighted by Gasteiger charge is -2.15. The van der Waals surface area contributed by atoms with Gasteiger partial charge in [-0.15, -0.1) is 0 Å². The standard InChI is InChI=1S/C8H17BrO/c1-3-5-6-7(4-2)8(9)10/h7-8,10H,3-6H2,1-2H3. The number of rotatable bonds is 5. The summed E-state index contributed by atoms with van der Waals surface area (Å²) in [5.41, 5.74) is 0. The number of alkyl halides is 1. The van der Waals surface area contributed by atoms with E-state index in [4.69, 9.17) is 5.11 Å². The molecule has 62 valence electrons. The van der Waals surface area contributed by atoms with E-state index in [0.717, 1.165) is 12.8 Å². The Labute approximate surface area is 72.0 Å². The summed E-state index contributed by atoms with van der Waals surface area (Å²) in [6.07, 6.45) is 4.64. The highest BCUT2D eigenvalue weighted by atomic mass is 79.9. The zero-order valence-electron chi connectivity index (χ0n) is 6.81. The van der Waals surface area contributed by atoms with E-state index < -0.39 is 0 Å². The maximum atomic E-state index is 9.16. The number of hydrogen-bond acceptors (Lipinski definition) is 1. The Morgan fingerprint density at radius 1 is 1.40 bits per heavy atom. The van der Waals surface area contributed by atoms with E-state index in [1.54, 1.807) is 0 Å². The fourth-order valence-corrected chi connectivity index (χ4v) is 1.64. The van der Waals surface area contributed by atoms with Crippen LogP contribution >= 0.6 is 15.9 Å². The highest BCUT2D eigenvalue weighted by molar-refractivity contribution is 9.09. The van der Waals surface area contributed by atoms with E-state index in [1.807, 2.05) is 0 Å². The normalized spacial score (nSPS) is 16.8. The first-order valence-corrected chi connectivity index (χ1v) is 4.96. The first kappa shape index (κ1) is 10.4. The molecule has 0 rings (SSSR count). The summed E-state index contributed by atoms with van der Waals surface area (Å²) >= 11 is 3.19. The van der Waals surface area contributed by atoms with E-state index in [1.165, 1.54) is 12.8 Å². The van der Waals surface area contributed by atoms with Crippen LogP contribution in [-0.2, 0) is 0 Å². The molecule has 2 heteroatoms. The molecule has 0 aromatic heterocycles. The Bertz CT molecular complexity index is 73.7. The number of unbranched alkanes of at least 4 members (excludes halogenated alkanes) is 1. The fraction of sp³-hybridized carbons (Fsp3) is 1.00. The molecule has 0 saturated heterocycles. The zero-order valence-corrected chi connectivity index (χ0v) is 8.39. The Morgan fingerprint density at radius 3 is 2.30 bits per heavy atom. The lowest BCUT2D eigenvalue weighted by molar-refractivity contribution is 0.185. The van der Waals surface area contributed by atoms with Crippen molar-refractivity contribution in [2.24, 2.45) is 5.92 Å². The summed E-state index contributed by atoms with van der Waals surface area (Å²) in [6.45, 7) is 4.29. The predicted octanol–water partition coefficient (Wildman–Crippen LogP) is 2.92. The Balaban J connectivity index is 3.40. The predicted molar refractivity (Wildman–Crippen MR) is 48.2 cm³/mol. The molecule has 0 aromatic rings. The van der Waals surface area contributed by atoms with E-state index >= 15 is 0 Å². The maximum Gasteiger partial charge on any atom is 0.111 e. The average molecular weight is 209 g/mol. The van der Waals surface area contributed by atoms with Crippen molar-refractivity contribution < 1.29 is 5.11 Å². The third-order valence-corrected chi connectivity index (χ3v) is 2.59. The monoisotopic (exact) mass is 208 g/mol.